The van der Waals surface area contributed by atoms with Crippen molar-refractivity contribution in [2.24, 2.45) is 0 Å². The van der Waals surface area contributed by atoms with Gasteiger partial charge in [-0.25, -0.2) is 0 Å². The van der Waals surface area contributed by atoms with E-state index in [1.165, 1.54) is 0 Å². The normalized spacial score (nSPS) is 12.9. The fourth-order valence-corrected chi connectivity index (χ4v) is 3.08. The maximum Gasteiger partial charge on any atom is 0.255 e. The van der Waals surface area contributed by atoms with Crippen molar-refractivity contribution in [2.45, 2.75) is 18.9 Å². The van der Waals surface area contributed by atoms with Gasteiger partial charge in [-0.3, -0.25) is 9.59 Å². The molecule has 2 amide bonds. The lowest BCUT2D eigenvalue weighted by atomic mass is 10.0. The third kappa shape index (κ3) is 4.46. The first kappa shape index (κ1) is 18.7. The van der Waals surface area contributed by atoms with Crippen molar-refractivity contribution >= 4 is 17.5 Å². The highest BCUT2D eigenvalue weighted by atomic mass is 16.5. The summed E-state index contributed by atoms with van der Waals surface area (Å²) in [5.41, 5.74) is 3.50. The van der Waals surface area contributed by atoms with E-state index in [1.807, 2.05) is 42.5 Å². The van der Waals surface area contributed by atoms with Gasteiger partial charge in [-0.2, -0.15) is 0 Å². The van der Waals surface area contributed by atoms with Crippen LogP contribution in [0.5, 0.6) is 5.75 Å². The van der Waals surface area contributed by atoms with Crippen LogP contribution < -0.4 is 15.4 Å². The number of hydrogen-bond acceptors (Lipinski definition) is 3. The zero-order valence-corrected chi connectivity index (χ0v) is 16.1. The number of carbonyl (C=O) groups is 2. The number of ether oxygens (including phenoxy) is 1. The fraction of sp³-hybridized carbons (Fsp3) is 0.167. The zero-order chi connectivity index (χ0) is 20.2. The van der Waals surface area contributed by atoms with Crippen LogP contribution in [0.15, 0.2) is 72.8 Å². The highest BCUT2D eigenvalue weighted by Gasteiger charge is 2.25. The van der Waals surface area contributed by atoms with Gasteiger partial charge < -0.3 is 15.4 Å². The Labute approximate surface area is 169 Å². The Hall–Kier alpha value is -3.60. The Kier molecular flexibility index (Phi) is 5.29. The molecule has 0 atom stereocenters. The molecule has 4 rings (SSSR count). The molecule has 0 heterocycles. The number of hydrogen-bond donors (Lipinski definition) is 2. The summed E-state index contributed by atoms with van der Waals surface area (Å²) in [6.45, 7) is 0. The summed E-state index contributed by atoms with van der Waals surface area (Å²) in [6.07, 6.45) is 1.98. The van der Waals surface area contributed by atoms with Crippen molar-refractivity contribution in [3.63, 3.8) is 0 Å². The predicted molar refractivity (Wildman–Crippen MR) is 113 cm³/mol. The predicted octanol–water partition coefficient (Wildman–Crippen LogP) is 4.51. The van der Waals surface area contributed by atoms with Gasteiger partial charge >= 0.3 is 0 Å². The number of benzene rings is 3. The monoisotopic (exact) mass is 386 g/mol. The van der Waals surface area contributed by atoms with Crippen LogP contribution in [0.3, 0.4) is 0 Å². The Bertz CT molecular complexity index is 1030. The third-order valence-electron chi connectivity index (χ3n) is 4.89. The summed E-state index contributed by atoms with van der Waals surface area (Å²) < 4.78 is 5.23. The van der Waals surface area contributed by atoms with Crippen LogP contribution in [0.4, 0.5) is 5.69 Å². The molecule has 146 valence electrons. The van der Waals surface area contributed by atoms with Crippen LogP contribution in [0, 0.1) is 0 Å². The molecular formula is C24H22N2O3. The van der Waals surface area contributed by atoms with E-state index in [0.29, 0.717) is 22.6 Å². The van der Waals surface area contributed by atoms with Crippen molar-refractivity contribution in [3.05, 3.63) is 83.9 Å². The van der Waals surface area contributed by atoms with E-state index >= 15 is 0 Å². The van der Waals surface area contributed by atoms with E-state index in [2.05, 4.69) is 10.6 Å². The van der Waals surface area contributed by atoms with Gasteiger partial charge in [-0.1, -0.05) is 42.5 Å². The molecule has 0 radical (unpaired) electrons. The molecule has 1 saturated carbocycles. The van der Waals surface area contributed by atoms with Gasteiger partial charge in [-0.05, 0) is 54.3 Å². The smallest absolute Gasteiger partial charge is 0.255 e. The van der Waals surface area contributed by atoms with Crippen LogP contribution in [0.2, 0.25) is 0 Å². The van der Waals surface area contributed by atoms with E-state index in [0.717, 1.165) is 24.0 Å². The van der Waals surface area contributed by atoms with Crippen LogP contribution in [-0.2, 0) is 0 Å². The lowest BCUT2D eigenvalue weighted by molar-refractivity contribution is 0.0951. The minimum atomic E-state index is -0.268. The van der Waals surface area contributed by atoms with Crippen LogP contribution in [-0.4, -0.2) is 25.0 Å². The van der Waals surface area contributed by atoms with Gasteiger partial charge in [0, 0.05) is 11.6 Å². The van der Waals surface area contributed by atoms with E-state index in [9.17, 15) is 9.59 Å². The zero-order valence-electron chi connectivity index (χ0n) is 16.1. The van der Waals surface area contributed by atoms with Gasteiger partial charge in [0.1, 0.15) is 5.75 Å². The van der Waals surface area contributed by atoms with Crippen molar-refractivity contribution < 1.29 is 14.3 Å². The molecule has 0 saturated heterocycles. The molecule has 29 heavy (non-hydrogen) atoms. The second-order valence-corrected chi connectivity index (χ2v) is 7.06. The molecule has 0 spiro atoms. The molecule has 3 aromatic carbocycles. The van der Waals surface area contributed by atoms with Crippen molar-refractivity contribution in [1.29, 1.82) is 0 Å². The number of methoxy groups -OCH3 is 1. The van der Waals surface area contributed by atoms with E-state index < -0.39 is 0 Å². The quantitative estimate of drug-likeness (QED) is 0.655. The van der Waals surface area contributed by atoms with Crippen LogP contribution >= 0.6 is 0 Å². The van der Waals surface area contributed by atoms with Gasteiger partial charge in [-0.15, -0.1) is 0 Å². The first-order valence-electron chi connectivity index (χ1n) is 9.60. The van der Waals surface area contributed by atoms with Gasteiger partial charge in [0.05, 0.1) is 18.4 Å². The summed E-state index contributed by atoms with van der Waals surface area (Å²) in [5.74, 6) is 0.0903. The maximum absolute atomic E-state index is 12.8. The van der Waals surface area contributed by atoms with Crippen molar-refractivity contribution in [3.8, 4) is 16.9 Å². The molecule has 0 bridgehead atoms. The maximum atomic E-state index is 12.8. The van der Waals surface area contributed by atoms with Crippen molar-refractivity contribution in [2.75, 3.05) is 12.4 Å². The lowest BCUT2D eigenvalue weighted by Gasteiger charge is -2.13. The van der Waals surface area contributed by atoms with Crippen LogP contribution in [0.1, 0.15) is 33.6 Å². The molecule has 0 unspecified atom stereocenters. The molecule has 1 aliphatic carbocycles. The van der Waals surface area contributed by atoms with Crippen molar-refractivity contribution in [1.82, 2.24) is 5.32 Å². The number of anilines is 1. The molecular weight excluding hydrogens is 364 g/mol. The molecule has 1 fully saturated rings. The fourth-order valence-electron chi connectivity index (χ4n) is 3.08. The molecule has 0 aliphatic heterocycles. The molecule has 5 heteroatoms. The summed E-state index contributed by atoms with van der Waals surface area (Å²) in [5, 5.41) is 5.81. The first-order valence-corrected chi connectivity index (χ1v) is 9.60. The first-order chi connectivity index (χ1) is 14.1. The van der Waals surface area contributed by atoms with Gasteiger partial charge in [0.15, 0.2) is 0 Å². The largest absolute Gasteiger partial charge is 0.497 e. The van der Waals surface area contributed by atoms with E-state index in [1.54, 1.807) is 37.4 Å². The average molecular weight is 386 g/mol. The van der Waals surface area contributed by atoms with E-state index in [-0.39, 0.29) is 17.9 Å². The average Bonchev–Trinajstić information content (AvgIpc) is 3.58. The number of nitrogens with one attached hydrogen (secondary N) is 2. The number of carbonyl (C=O) groups excluding carboxylic acids is 2. The Balaban J connectivity index is 1.53. The number of rotatable bonds is 6. The third-order valence-corrected chi connectivity index (χ3v) is 4.89. The lowest BCUT2D eigenvalue weighted by Crippen LogP contribution is -2.27. The Morgan fingerprint density at radius 2 is 1.55 bits per heavy atom. The Morgan fingerprint density at radius 1 is 0.862 bits per heavy atom. The van der Waals surface area contributed by atoms with E-state index in [4.69, 9.17) is 4.74 Å². The highest BCUT2D eigenvalue weighted by Crippen LogP contribution is 2.26. The van der Waals surface area contributed by atoms with Crippen LogP contribution in [0.25, 0.3) is 11.1 Å². The highest BCUT2D eigenvalue weighted by molar-refractivity contribution is 6.09. The molecule has 2 N–H and O–H groups in total. The minimum absolute atomic E-state index is 0.207. The standard InChI is InChI=1S/C24H22N2O3/c1-29-20-13-14-22(21(15-20)24(28)25-19-11-12-19)26-23(27)18-9-7-17(8-10-18)16-5-3-2-4-6-16/h2-10,13-15,19H,11-12H2,1H3,(H,25,28)(H,26,27). The molecule has 1 aliphatic rings. The molecule has 3 aromatic rings. The SMILES string of the molecule is COc1ccc(NC(=O)c2ccc(-c3ccccc3)cc2)c(C(=O)NC2CC2)c1. The summed E-state index contributed by atoms with van der Waals surface area (Å²) in [4.78, 5) is 25.3. The summed E-state index contributed by atoms with van der Waals surface area (Å²) >= 11 is 0. The van der Waals surface area contributed by atoms with Gasteiger partial charge in [0.25, 0.3) is 11.8 Å². The minimum Gasteiger partial charge on any atom is -0.497 e. The second-order valence-electron chi connectivity index (χ2n) is 7.06. The molecule has 5 nitrogen and oxygen atoms in total. The Morgan fingerprint density at radius 3 is 2.21 bits per heavy atom. The topological polar surface area (TPSA) is 67.4 Å². The number of amides is 2. The summed E-state index contributed by atoms with van der Waals surface area (Å²) in [6, 6.07) is 22.7. The summed E-state index contributed by atoms with van der Waals surface area (Å²) in [7, 11) is 1.55. The second kappa shape index (κ2) is 8.19. The molecule has 0 aromatic heterocycles. The van der Waals surface area contributed by atoms with Gasteiger partial charge in [0.2, 0.25) is 0 Å².